The summed E-state index contributed by atoms with van der Waals surface area (Å²) in [6.07, 6.45) is 1.94. The Morgan fingerprint density at radius 3 is 2.05 bits per heavy atom. The highest BCUT2D eigenvalue weighted by Crippen LogP contribution is 2.30. The Balaban J connectivity index is 1.28. The second-order valence-electron chi connectivity index (χ2n) is 10.0. The summed E-state index contributed by atoms with van der Waals surface area (Å²) in [6.45, 7) is 4.83. The molecule has 7 heteroatoms. The number of anilines is 1. The van der Waals surface area contributed by atoms with Gasteiger partial charge < -0.3 is 9.80 Å². The topological polar surface area (TPSA) is 67.2 Å². The van der Waals surface area contributed by atoms with E-state index in [2.05, 4.69) is 29.2 Å². The van der Waals surface area contributed by atoms with E-state index < -0.39 is 0 Å². The smallest absolute Gasteiger partial charge is 0.223 e. The predicted molar refractivity (Wildman–Crippen MR) is 154 cm³/mol. The lowest BCUT2D eigenvalue weighted by Crippen LogP contribution is -2.49. The number of hydrogen-bond acceptors (Lipinski definition) is 5. The molecule has 0 radical (unpaired) electrons. The van der Waals surface area contributed by atoms with E-state index >= 15 is 0 Å². The Hall–Kier alpha value is -4.52. The van der Waals surface area contributed by atoms with Crippen LogP contribution in [0, 0.1) is 6.92 Å². The van der Waals surface area contributed by atoms with Crippen LogP contribution >= 0.6 is 0 Å². The Morgan fingerprint density at radius 1 is 0.769 bits per heavy atom. The van der Waals surface area contributed by atoms with Crippen LogP contribution in [0.4, 0.5) is 5.82 Å². The molecule has 6 rings (SSSR count). The summed E-state index contributed by atoms with van der Waals surface area (Å²) in [4.78, 5) is 27.4. The molecule has 3 heterocycles. The number of carbonyl (C=O) groups is 1. The zero-order valence-corrected chi connectivity index (χ0v) is 22.2. The molecular weight excluding hydrogens is 484 g/mol. The van der Waals surface area contributed by atoms with Crippen LogP contribution in [-0.2, 0) is 17.6 Å². The van der Waals surface area contributed by atoms with Gasteiger partial charge >= 0.3 is 0 Å². The number of hydrogen-bond donors (Lipinski definition) is 0. The Morgan fingerprint density at radius 2 is 1.38 bits per heavy atom. The lowest BCUT2D eigenvalue weighted by atomic mass is 10.1. The van der Waals surface area contributed by atoms with Crippen molar-refractivity contribution in [1.82, 2.24) is 24.6 Å². The summed E-state index contributed by atoms with van der Waals surface area (Å²) in [7, 11) is 0. The first kappa shape index (κ1) is 24.8. The molecule has 1 saturated heterocycles. The average Bonchev–Trinajstić information content (AvgIpc) is 3.33. The van der Waals surface area contributed by atoms with E-state index in [1.54, 1.807) is 0 Å². The first-order valence-electron chi connectivity index (χ1n) is 13.6. The zero-order valence-electron chi connectivity index (χ0n) is 22.2. The van der Waals surface area contributed by atoms with Gasteiger partial charge in [-0.3, -0.25) is 4.79 Å². The molecule has 0 N–H and O–H groups in total. The number of aromatic nitrogens is 4. The molecule has 0 saturated carbocycles. The molecule has 0 atom stereocenters. The molecule has 1 aliphatic rings. The molecule has 0 aliphatic carbocycles. The summed E-state index contributed by atoms with van der Waals surface area (Å²) in [5, 5.41) is 5.85. The second kappa shape index (κ2) is 11.1. The van der Waals surface area contributed by atoms with Gasteiger partial charge in [-0.15, -0.1) is 0 Å². The third-order valence-electron chi connectivity index (χ3n) is 7.34. The lowest BCUT2D eigenvalue weighted by Gasteiger charge is -2.36. The number of carbonyl (C=O) groups excluding carboxylic acids is 1. The van der Waals surface area contributed by atoms with Crippen LogP contribution in [0.1, 0.15) is 29.1 Å². The summed E-state index contributed by atoms with van der Waals surface area (Å²) < 4.78 is 1.92. The number of nitrogens with zero attached hydrogens (tertiary/aromatic N) is 6. The average molecular weight is 517 g/mol. The standard InChI is InChI=1S/C32H32N6O/c1-24-30-31(37-21-19-36(20-22-37)29(39)18-17-25-11-5-2-6-12-25)33-28(23-26-13-7-3-8-14-26)34-32(30)38(35-24)27-15-9-4-10-16-27/h2-16H,17-23H2,1H3. The molecule has 7 nitrogen and oxygen atoms in total. The maximum atomic E-state index is 13.0. The molecule has 1 aliphatic heterocycles. The molecule has 0 unspecified atom stereocenters. The van der Waals surface area contributed by atoms with E-state index in [1.807, 2.05) is 83.2 Å². The van der Waals surface area contributed by atoms with Gasteiger partial charge in [0.25, 0.3) is 0 Å². The third kappa shape index (κ3) is 5.39. The van der Waals surface area contributed by atoms with Gasteiger partial charge in [0, 0.05) is 39.0 Å². The van der Waals surface area contributed by atoms with E-state index in [4.69, 9.17) is 15.1 Å². The fraction of sp³-hybridized carbons (Fsp3) is 0.250. The minimum Gasteiger partial charge on any atom is -0.352 e. The second-order valence-corrected chi connectivity index (χ2v) is 10.0. The Kier molecular flexibility index (Phi) is 7.04. The van der Waals surface area contributed by atoms with Crippen LogP contribution in [-0.4, -0.2) is 56.7 Å². The highest BCUT2D eigenvalue weighted by molar-refractivity contribution is 5.91. The monoisotopic (exact) mass is 516 g/mol. The fourth-order valence-electron chi connectivity index (χ4n) is 5.26. The summed E-state index contributed by atoms with van der Waals surface area (Å²) >= 11 is 0. The van der Waals surface area contributed by atoms with Crippen molar-refractivity contribution in [2.24, 2.45) is 0 Å². The predicted octanol–water partition coefficient (Wildman–Crippen LogP) is 5.00. The molecule has 39 heavy (non-hydrogen) atoms. The van der Waals surface area contributed by atoms with Crippen LogP contribution in [0.15, 0.2) is 91.0 Å². The highest BCUT2D eigenvalue weighted by Gasteiger charge is 2.26. The van der Waals surface area contributed by atoms with E-state index in [1.165, 1.54) is 11.1 Å². The molecule has 5 aromatic rings. The quantitative estimate of drug-likeness (QED) is 0.305. The van der Waals surface area contributed by atoms with Crippen molar-refractivity contribution in [2.45, 2.75) is 26.2 Å². The van der Waals surface area contributed by atoms with Gasteiger partial charge in [-0.1, -0.05) is 78.9 Å². The summed E-state index contributed by atoms with van der Waals surface area (Å²) in [6, 6.07) is 30.6. The van der Waals surface area contributed by atoms with E-state index in [9.17, 15) is 4.79 Å². The minimum absolute atomic E-state index is 0.212. The van der Waals surface area contributed by atoms with Gasteiger partial charge in [0.1, 0.15) is 11.6 Å². The number of rotatable bonds is 7. The maximum Gasteiger partial charge on any atom is 0.223 e. The molecule has 2 aromatic heterocycles. The number of para-hydroxylation sites is 1. The number of benzene rings is 3. The fourth-order valence-corrected chi connectivity index (χ4v) is 5.26. The van der Waals surface area contributed by atoms with Crippen molar-refractivity contribution in [3.8, 4) is 5.69 Å². The maximum absolute atomic E-state index is 13.0. The van der Waals surface area contributed by atoms with E-state index in [0.717, 1.165) is 53.6 Å². The first-order valence-corrected chi connectivity index (χ1v) is 13.6. The number of aryl methyl sites for hydroxylation is 2. The van der Waals surface area contributed by atoms with Gasteiger partial charge in [-0.2, -0.15) is 5.10 Å². The molecule has 3 aromatic carbocycles. The molecule has 1 fully saturated rings. The normalized spacial score (nSPS) is 13.7. The SMILES string of the molecule is Cc1nn(-c2ccccc2)c2nc(Cc3ccccc3)nc(N3CCN(C(=O)CCc4ccccc4)CC3)c12. The van der Waals surface area contributed by atoms with E-state index in [0.29, 0.717) is 25.9 Å². The lowest BCUT2D eigenvalue weighted by molar-refractivity contribution is -0.131. The van der Waals surface area contributed by atoms with Crippen molar-refractivity contribution in [3.63, 3.8) is 0 Å². The third-order valence-corrected chi connectivity index (χ3v) is 7.34. The van der Waals surface area contributed by atoms with Crippen LogP contribution < -0.4 is 4.90 Å². The van der Waals surface area contributed by atoms with Gasteiger partial charge in [0.05, 0.1) is 16.8 Å². The van der Waals surface area contributed by atoms with Crippen molar-refractivity contribution >= 4 is 22.8 Å². The first-order chi connectivity index (χ1) is 19.2. The van der Waals surface area contributed by atoms with Gasteiger partial charge in [-0.25, -0.2) is 14.6 Å². The Bertz CT molecular complexity index is 1560. The van der Waals surface area contributed by atoms with Crippen molar-refractivity contribution in [1.29, 1.82) is 0 Å². The number of fused-ring (bicyclic) bond motifs is 1. The zero-order chi connectivity index (χ0) is 26.6. The van der Waals surface area contributed by atoms with Gasteiger partial charge in [0.2, 0.25) is 5.91 Å². The molecule has 0 spiro atoms. The van der Waals surface area contributed by atoms with Crippen LogP contribution in [0.3, 0.4) is 0 Å². The van der Waals surface area contributed by atoms with Crippen molar-refractivity contribution in [2.75, 3.05) is 31.1 Å². The molecule has 0 bridgehead atoms. The molecule has 1 amide bonds. The highest BCUT2D eigenvalue weighted by atomic mass is 16.2. The molecule has 196 valence electrons. The Labute approximate surface area is 228 Å². The van der Waals surface area contributed by atoms with Crippen LogP contribution in [0.2, 0.25) is 0 Å². The number of piperazine rings is 1. The van der Waals surface area contributed by atoms with Crippen molar-refractivity contribution < 1.29 is 4.79 Å². The van der Waals surface area contributed by atoms with Gasteiger partial charge in [0.15, 0.2) is 5.65 Å². The summed E-state index contributed by atoms with van der Waals surface area (Å²) in [5.74, 6) is 1.88. The van der Waals surface area contributed by atoms with Crippen LogP contribution in [0.25, 0.3) is 16.7 Å². The van der Waals surface area contributed by atoms with Gasteiger partial charge in [-0.05, 0) is 36.6 Å². The minimum atomic E-state index is 0.212. The summed E-state index contributed by atoms with van der Waals surface area (Å²) in [5.41, 5.74) is 5.05. The van der Waals surface area contributed by atoms with Crippen molar-refractivity contribution in [3.05, 3.63) is 114 Å². The largest absolute Gasteiger partial charge is 0.352 e. The van der Waals surface area contributed by atoms with Crippen LogP contribution in [0.5, 0.6) is 0 Å². The molecular formula is C32H32N6O. The van der Waals surface area contributed by atoms with E-state index in [-0.39, 0.29) is 5.91 Å². The number of amides is 1.